The first kappa shape index (κ1) is 38.6. The van der Waals surface area contributed by atoms with E-state index in [-0.39, 0.29) is 41.3 Å². The fraction of sp³-hybridized carbons (Fsp3) is 0.286. The fourth-order valence-corrected chi connectivity index (χ4v) is 5.21. The first-order valence-electron chi connectivity index (χ1n) is 16.0. The summed E-state index contributed by atoms with van der Waals surface area (Å²) >= 11 is 12.0. The number of nitriles is 1. The molecular formula is C35H32Cl2F3N9O4. The Hall–Kier alpha value is -5.66. The minimum atomic E-state index is -4.62. The number of halogens is 5. The third kappa shape index (κ3) is 10.9. The number of anilines is 4. The number of hydrogen-bond acceptors (Lipinski definition) is 10. The van der Waals surface area contributed by atoms with E-state index in [9.17, 15) is 27.6 Å². The van der Waals surface area contributed by atoms with Crippen molar-refractivity contribution in [2.24, 2.45) is 5.41 Å². The molecule has 0 aliphatic heterocycles. The Bertz CT molecular complexity index is 2040. The quantitative estimate of drug-likeness (QED) is 0.0962. The predicted octanol–water partition coefficient (Wildman–Crippen LogP) is 6.35. The predicted molar refractivity (Wildman–Crippen MR) is 191 cm³/mol. The molecule has 1 aromatic heterocycles. The van der Waals surface area contributed by atoms with Crippen molar-refractivity contribution in [3.05, 3.63) is 93.5 Å². The lowest BCUT2D eigenvalue weighted by Crippen LogP contribution is -2.44. The summed E-state index contributed by atoms with van der Waals surface area (Å²) in [6.45, 7) is 2.15. The summed E-state index contributed by atoms with van der Waals surface area (Å²) in [6, 6.07) is 18.9. The molecule has 1 fully saturated rings. The number of nitrogens with zero attached hydrogens (tertiary/aromatic N) is 4. The van der Waals surface area contributed by atoms with Crippen LogP contribution in [0.5, 0.6) is 6.01 Å². The molecule has 3 amide bonds. The second kappa shape index (κ2) is 15.9. The number of ether oxygens (including phenoxy) is 1. The smallest absolute Gasteiger partial charge is 0.422 e. The van der Waals surface area contributed by atoms with Crippen molar-refractivity contribution < 1.29 is 32.3 Å². The van der Waals surface area contributed by atoms with Crippen LogP contribution in [-0.4, -0.2) is 58.5 Å². The molecule has 5 N–H and O–H groups in total. The van der Waals surface area contributed by atoms with Crippen molar-refractivity contribution in [3.63, 3.8) is 0 Å². The van der Waals surface area contributed by atoms with Crippen molar-refractivity contribution in [1.82, 2.24) is 25.6 Å². The molecule has 13 nitrogen and oxygen atoms in total. The molecule has 0 spiro atoms. The van der Waals surface area contributed by atoms with Crippen LogP contribution in [0.2, 0.25) is 10.0 Å². The maximum atomic E-state index is 12.9. The van der Waals surface area contributed by atoms with E-state index in [1.54, 1.807) is 38.1 Å². The van der Waals surface area contributed by atoms with Crippen molar-refractivity contribution in [1.29, 1.82) is 5.26 Å². The summed E-state index contributed by atoms with van der Waals surface area (Å²) in [4.78, 5) is 50.0. The van der Waals surface area contributed by atoms with Crippen molar-refractivity contribution in [3.8, 4) is 12.1 Å². The van der Waals surface area contributed by atoms with Crippen molar-refractivity contribution >= 4 is 64.2 Å². The van der Waals surface area contributed by atoms with Crippen LogP contribution in [-0.2, 0) is 15.1 Å². The van der Waals surface area contributed by atoms with Crippen LogP contribution in [0, 0.1) is 16.7 Å². The van der Waals surface area contributed by atoms with E-state index >= 15 is 0 Å². The average Bonchev–Trinajstić information content (AvgIpc) is 3.89. The van der Waals surface area contributed by atoms with Crippen molar-refractivity contribution in [2.75, 3.05) is 35.6 Å². The number of carbonyl (C=O) groups excluding carboxylic acids is 3. The molecule has 5 rings (SSSR count). The average molecular weight is 771 g/mol. The Labute approximate surface area is 311 Å². The van der Waals surface area contributed by atoms with Gasteiger partial charge in [0.05, 0.1) is 16.1 Å². The van der Waals surface area contributed by atoms with Gasteiger partial charge in [0.2, 0.25) is 11.9 Å². The lowest BCUT2D eigenvalue weighted by molar-refractivity contribution is -0.154. The van der Waals surface area contributed by atoms with E-state index in [4.69, 9.17) is 33.2 Å². The molecule has 0 radical (unpaired) electrons. The number of alkyl halides is 3. The van der Waals surface area contributed by atoms with Gasteiger partial charge in [-0.1, -0.05) is 49.2 Å². The van der Waals surface area contributed by atoms with E-state index < -0.39 is 47.5 Å². The molecule has 0 saturated heterocycles. The van der Waals surface area contributed by atoms with Crippen LogP contribution in [0.25, 0.3) is 0 Å². The molecule has 276 valence electrons. The van der Waals surface area contributed by atoms with Gasteiger partial charge in [0.1, 0.15) is 6.07 Å². The summed E-state index contributed by atoms with van der Waals surface area (Å²) in [5.74, 6) is -2.35. The summed E-state index contributed by atoms with van der Waals surface area (Å²) in [5, 5.41) is 23.5. The van der Waals surface area contributed by atoms with Gasteiger partial charge in [-0.05, 0) is 78.4 Å². The number of aromatic nitrogens is 3. The molecule has 1 aliphatic carbocycles. The minimum absolute atomic E-state index is 0.00114. The second-order valence-corrected chi connectivity index (χ2v) is 13.7. The number of rotatable bonds is 13. The molecule has 18 heteroatoms. The standard InChI is InChI=1S/C35H32Cl2F3N9O4/c1-33(2,18-43-28(51)29(52)44-25-12-5-21(16-41)26(37)15-25)17-42-27(50)20-3-10-24(11-4-20)45-30-46-31(48-32(47-30)53-19-35(38,39)40)49-34(13-14-34)22-6-8-23(36)9-7-22/h3-12,15H,13-14,17-19H2,1-2H3,(H,42,50)(H,43,51)(H,44,52)(H2,45,46,47,48,49). The number of hydrogen-bond donors (Lipinski definition) is 5. The monoisotopic (exact) mass is 769 g/mol. The SMILES string of the molecule is CC(C)(CNC(=O)C(=O)Nc1ccc(C#N)c(Cl)c1)CNC(=O)c1ccc(Nc2nc(NC3(c4ccc(Cl)cc4)CC3)nc(OCC(F)(F)F)n2)cc1. The third-order valence-electron chi connectivity index (χ3n) is 7.89. The molecule has 0 atom stereocenters. The highest BCUT2D eigenvalue weighted by molar-refractivity contribution is 6.40. The normalized spacial score (nSPS) is 13.2. The zero-order valence-corrected chi connectivity index (χ0v) is 29.7. The molecular weight excluding hydrogens is 738 g/mol. The Morgan fingerprint density at radius 1 is 0.868 bits per heavy atom. The van der Waals surface area contributed by atoms with Gasteiger partial charge >= 0.3 is 24.0 Å². The molecule has 3 aromatic carbocycles. The van der Waals surface area contributed by atoms with E-state index in [1.165, 1.54) is 30.3 Å². The van der Waals surface area contributed by atoms with Gasteiger partial charge in [-0.3, -0.25) is 14.4 Å². The minimum Gasteiger partial charge on any atom is -0.454 e. The molecule has 1 aliphatic rings. The van der Waals surface area contributed by atoms with Crippen molar-refractivity contribution in [2.45, 2.75) is 38.4 Å². The highest BCUT2D eigenvalue weighted by Gasteiger charge is 2.45. The van der Waals surface area contributed by atoms with Gasteiger partial charge in [-0.15, -0.1) is 0 Å². The van der Waals surface area contributed by atoms with E-state index in [0.717, 1.165) is 18.4 Å². The van der Waals surface area contributed by atoms with Gasteiger partial charge in [0, 0.05) is 35.1 Å². The summed E-state index contributed by atoms with van der Waals surface area (Å²) in [6.07, 6.45) is -3.16. The maximum Gasteiger partial charge on any atom is 0.422 e. The molecule has 0 unspecified atom stereocenters. The summed E-state index contributed by atoms with van der Waals surface area (Å²) in [5.41, 5.74) is 0.898. The zero-order chi connectivity index (χ0) is 38.4. The fourth-order valence-electron chi connectivity index (χ4n) is 4.86. The zero-order valence-electron chi connectivity index (χ0n) is 28.2. The van der Waals surface area contributed by atoms with Crippen LogP contribution in [0.15, 0.2) is 66.7 Å². The van der Waals surface area contributed by atoms with Gasteiger partial charge in [0.15, 0.2) is 6.61 Å². The highest BCUT2D eigenvalue weighted by atomic mass is 35.5. The van der Waals surface area contributed by atoms with E-state index in [1.807, 2.05) is 18.2 Å². The second-order valence-electron chi connectivity index (χ2n) is 12.9. The summed E-state index contributed by atoms with van der Waals surface area (Å²) in [7, 11) is 0. The van der Waals surface area contributed by atoms with Gasteiger partial charge in [0.25, 0.3) is 5.91 Å². The number of benzene rings is 3. The van der Waals surface area contributed by atoms with Crippen LogP contribution in [0.4, 0.5) is 36.4 Å². The van der Waals surface area contributed by atoms with Crippen LogP contribution < -0.4 is 31.3 Å². The Kier molecular flexibility index (Phi) is 11.6. The van der Waals surface area contributed by atoms with Gasteiger partial charge in [-0.2, -0.15) is 33.4 Å². The number of carbonyl (C=O) groups is 3. The molecule has 0 bridgehead atoms. The topological polar surface area (TPSA) is 183 Å². The Morgan fingerprint density at radius 3 is 2.13 bits per heavy atom. The largest absolute Gasteiger partial charge is 0.454 e. The first-order chi connectivity index (χ1) is 25.0. The number of amides is 3. The van der Waals surface area contributed by atoms with E-state index in [0.29, 0.717) is 16.3 Å². The molecule has 1 saturated carbocycles. The van der Waals surface area contributed by atoms with Gasteiger partial charge < -0.3 is 31.3 Å². The summed E-state index contributed by atoms with van der Waals surface area (Å²) < 4.78 is 43.6. The first-order valence-corrected chi connectivity index (χ1v) is 16.7. The molecule has 1 heterocycles. The lowest BCUT2D eigenvalue weighted by atomic mass is 9.93. The Morgan fingerprint density at radius 2 is 1.51 bits per heavy atom. The van der Waals surface area contributed by atoms with Crippen LogP contribution in [0.1, 0.15) is 48.2 Å². The molecule has 53 heavy (non-hydrogen) atoms. The Balaban J connectivity index is 1.16. The highest BCUT2D eigenvalue weighted by Crippen LogP contribution is 2.48. The van der Waals surface area contributed by atoms with Crippen LogP contribution >= 0.6 is 23.2 Å². The lowest BCUT2D eigenvalue weighted by Gasteiger charge is -2.25. The van der Waals surface area contributed by atoms with Crippen LogP contribution in [0.3, 0.4) is 0 Å². The van der Waals surface area contributed by atoms with E-state index in [2.05, 4.69) is 41.5 Å². The maximum absolute atomic E-state index is 12.9. The van der Waals surface area contributed by atoms with Gasteiger partial charge in [-0.25, -0.2) is 0 Å². The number of nitrogens with one attached hydrogen (secondary N) is 5. The third-order valence-corrected chi connectivity index (χ3v) is 8.45. The molecule has 4 aromatic rings.